The Kier molecular flexibility index (Phi) is 3.56. The summed E-state index contributed by atoms with van der Waals surface area (Å²) in [6.45, 7) is 2.14. The molecule has 1 saturated carbocycles. The first-order valence-corrected chi connectivity index (χ1v) is 7.35. The maximum absolute atomic E-state index is 9.28. The van der Waals surface area contributed by atoms with Gasteiger partial charge in [0.1, 0.15) is 0 Å². The monoisotopic (exact) mass is 258 g/mol. The standard InChI is InChI=1S/C16H22N2O/c1-11-6-5-9-13-14(11)10-15(18-19)16(13)17-12-7-3-2-4-8-12/h5-6,9,12,16-17,19H,2-4,7-8,10H2,1H3. The summed E-state index contributed by atoms with van der Waals surface area (Å²) in [7, 11) is 0. The van der Waals surface area contributed by atoms with E-state index in [4.69, 9.17) is 0 Å². The van der Waals surface area contributed by atoms with Gasteiger partial charge in [0.15, 0.2) is 0 Å². The molecule has 2 N–H and O–H groups in total. The second kappa shape index (κ2) is 5.33. The van der Waals surface area contributed by atoms with E-state index in [2.05, 4.69) is 35.6 Å². The third-order valence-corrected chi connectivity index (χ3v) is 4.58. The summed E-state index contributed by atoms with van der Waals surface area (Å²) in [5, 5.41) is 16.5. The predicted molar refractivity (Wildman–Crippen MR) is 76.9 cm³/mol. The fraction of sp³-hybridized carbons (Fsp3) is 0.562. The highest BCUT2D eigenvalue weighted by Gasteiger charge is 2.31. The number of benzene rings is 1. The van der Waals surface area contributed by atoms with Gasteiger partial charge in [-0.2, -0.15) is 0 Å². The largest absolute Gasteiger partial charge is 0.411 e. The highest BCUT2D eigenvalue weighted by Crippen LogP contribution is 2.33. The van der Waals surface area contributed by atoms with Crippen LogP contribution in [0.1, 0.15) is 54.8 Å². The molecular weight excluding hydrogens is 236 g/mol. The minimum atomic E-state index is 0.114. The van der Waals surface area contributed by atoms with Crippen LogP contribution in [0.5, 0.6) is 0 Å². The molecule has 3 nitrogen and oxygen atoms in total. The van der Waals surface area contributed by atoms with Crippen molar-refractivity contribution in [1.29, 1.82) is 0 Å². The van der Waals surface area contributed by atoms with Gasteiger partial charge in [-0.1, -0.05) is 42.6 Å². The van der Waals surface area contributed by atoms with E-state index in [0.717, 1.165) is 12.1 Å². The number of aryl methyl sites for hydroxylation is 1. The lowest BCUT2D eigenvalue weighted by atomic mass is 9.94. The van der Waals surface area contributed by atoms with E-state index < -0.39 is 0 Å². The Labute approximate surface area is 114 Å². The van der Waals surface area contributed by atoms with Gasteiger partial charge in [0, 0.05) is 12.5 Å². The van der Waals surface area contributed by atoms with Crippen LogP contribution in [0.4, 0.5) is 0 Å². The van der Waals surface area contributed by atoms with Crippen molar-refractivity contribution in [3.63, 3.8) is 0 Å². The second-order valence-electron chi connectivity index (χ2n) is 5.85. The van der Waals surface area contributed by atoms with Crippen molar-refractivity contribution in [3.05, 3.63) is 34.9 Å². The third-order valence-electron chi connectivity index (χ3n) is 4.58. The highest BCUT2D eigenvalue weighted by atomic mass is 16.4. The Morgan fingerprint density at radius 1 is 1.21 bits per heavy atom. The molecule has 1 aromatic carbocycles. The van der Waals surface area contributed by atoms with Gasteiger partial charge in [-0.15, -0.1) is 0 Å². The molecule has 0 amide bonds. The normalized spacial score (nSPS) is 25.7. The van der Waals surface area contributed by atoms with Crippen LogP contribution in [0.2, 0.25) is 0 Å². The molecular formula is C16H22N2O. The number of hydrogen-bond donors (Lipinski definition) is 2. The van der Waals surface area contributed by atoms with Crippen LogP contribution >= 0.6 is 0 Å². The predicted octanol–water partition coefficient (Wildman–Crippen LogP) is 3.34. The van der Waals surface area contributed by atoms with Crippen molar-refractivity contribution in [2.45, 2.75) is 57.5 Å². The molecule has 2 aliphatic rings. The summed E-state index contributed by atoms with van der Waals surface area (Å²) in [5.74, 6) is 0. The molecule has 3 rings (SSSR count). The van der Waals surface area contributed by atoms with Gasteiger partial charge in [0.05, 0.1) is 11.8 Å². The van der Waals surface area contributed by atoms with E-state index in [0.29, 0.717) is 6.04 Å². The fourth-order valence-corrected chi connectivity index (χ4v) is 3.48. The first-order valence-electron chi connectivity index (χ1n) is 7.35. The zero-order valence-electron chi connectivity index (χ0n) is 11.5. The Balaban J connectivity index is 1.85. The summed E-state index contributed by atoms with van der Waals surface area (Å²) in [6, 6.07) is 7.09. The number of hydrogen-bond acceptors (Lipinski definition) is 3. The molecule has 0 saturated heterocycles. The van der Waals surface area contributed by atoms with Gasteiger partial charge in [0.25, 0.3) is 0 Å². The van der Waals surface area contributed by atoms with Crippen LogP contribution in [0.15, 0.2) is 23.4 Å². The van der Waals surface area contributed by atoms with Crippen molar-refractivity contribution in [1.82, 2.24) is 5.32 Å². The summed E-state index contributed by atoms with van der Waals surface area (Å²) in [5.41, 5.74) is 4.81. The van der Waals surface area contributed by atoms with Crippen molar-refractivity contribution in [2.24, 2.45) is 5.16 Å². The summed E-state index contributed by atoms with van der Waals surface area (Å²) < 4.78 is 0. The molecule has 0 bridgehead atoms. The average Bonchev–Trinajstić information content (AvgIpc) is 2.80. The second-order valence-corrected chi connectivity index (χ2v) is 5.85. The van der Waals surface area contributed by atoms with Crippen LogP contribution in [-0.4, -0.2) is 17.0 Å². The number of nitrogens with zero attached hydrogens (tertiary/aromatic N) is 1. The molecule has 1 unspecified atom stereocenters. The van der Waals surface area contributed by atoms with Gasteiger partial charge in [-0.3, -0.25) is 0 Å². The Hall–Kier alpha value is -1.35. The molecule has 1 atom stereocenters. The van der Waals surface area contributed by atoms with Gasteiger partial charge < -0.3 is 10.5 Å². The minimum Gasteiger partial charge on any atom is -0.411 e. The average molecular weight is 258 g/mol. The minimum absolute atomic E-state index is 0.114. The molecule has 19 heavy (non-hydrogen) atoms. The maximum Gasteiger partial charge on any atom is 0.0829 e. The Morgan fingerprint density at radius 2 is 2.00 bits per heavy atom. The fourth-order valence-electron chi connectivity index (χ4n) is 3.48. The number of oxime groups is 1. The molecule has 0 spiro atoms. The van der Waals surface area contributed by atoms with Gasteiger partial charge in [-0.05, 0) is 36.5 Å². The van der Waals surface area contributed by atoms with E-state index in [1.807, 2.05) is 0 Å². The van der Waals surface area contributed by atoms with Crippen LogP contribution in [-0.2, 0) is 6.42 Å². The molecule has 1 aromatic rings. The quantitative estimate of drug-likeness (QED) is 0.631. The third kappa shape index (κ3) is 2.39. The van der Waals surface area contributed by atoms with E-state index >= 15 is 0 Å². The van der Waals surface area contributed by atoms with E-state index in [-0.39, 0.29) is 6.04 Å². The van der Waals surface area contributed by atoms with Crippen LogP contribution in [0.3, 0.4) is 0 Å². The van der Waals surface area contributed by atoms with Crippen LogP contribution in [0, 0.1) is 6.92 Å². The molecule has 102 valence electrons. The Bertz CT molecular complexity index is 490. The molecule has 0 aliphatic heterocycles. The first kappa shape index (κ1) is 12.7. The maximum atomic E-state index is 9.28. The van der Waals surface area contributed by atoms with Crippen LogP contribution in [0.25, 0.3) is 0 Å². The lowest BCUT2D eigenvalue weighted by molar-refractivity contribution is 0.311. The molecule has 0 heterocycles. The first-order chi connectivity index (χ1) is 9.29. The molecule has 1 fully saturated rings. The zero-order valence-corrected chi connectivity index (χ0v) is 11.5. The van der Waals surface area contributed by atoms with Crippen molar-refractivity contribution in [2.75, 3.05) is 0 Å². The summed E-state index contributed by atoms with van der Waals surface area (Å²) in [6.07, 6.45) is 7.27. The van der Waals surface area contributed by atoms with E-state index in [1.54, 1.807) is 0 Å². The molecule has 2 aliphatic carbocycles. The summed E-state index contributed by atoms with van der Waals surface area (Å²) >= 11 is 0. The van der Waals surface area contributed by atoms with Crippen molar-refractivity contribution in [3.8, 4) is 0 Å². The molecule has 0 radical (unpaired) electrons. The van der Waals surface area contributed by atoms with Crippen molar-refractivity contribution >= 4 is 5.71 Å². The molecule has 3 heteroatoms. The summed E-state index contributed by atoms with van der Waals surface area (Å²) in [4.78, 5) is 0. The SMILES string of the molecule is Cc1cccc2c1CC(=NO)C2NC1CCCCC1. The highest BCUT2D eigenvalue weighted by molar-refractivity contribution is 5.96. The topological polar surface area (TPSA) is 44.6 Å². The number of rotatable bonds is 2. The smallest absolute Gasteiger partial charge is 0.0829 e. The molecule has 0 aromatic heterocycles. The van der Waals surface area contributed by atoms with Gasteiger partial charge in [0.2, 0.25) is 0 Å². The lowest BCUT2D eigenvalue weighted by Gasteiger charge is -2.27. The van der Waals surface area contributed by atoms with E-state index in [1.165, 1.54) is 48.8 Å². The van der Waals surface area contributed by atoms with Gasteiger partial charge >= 0.3 is 0 Å². The van der Waals surface area contributed by atoms with Gasteiger partial charge in [-0.25, -0.2) is 0 Å². The number of fused-ring (bicyclic) bond motifs is 1. The van der Waals surface area contributed by atoms with Crippen molar-refractivity contribution < 1.29 is 5.21 Å². The lowest BCUT2D eigenvalue weighted by Crippen LogP contribution is -2.36. The van der Waals surface area contributed by atoms with E-state index in [9.17, 15) is 5.21 Å². The number of nitrogens with one attached hydrogen (secondary N) is 1. The van der Waals surface area contributed by atoms with Crippen LogP contribution < -0.4 is 5.32 Å². The zero-order chi connectivity index (χ0) is 13.2. The Morgan fingerprint density at radius 3 is 2.74 bits per heavy atom.